The molecule has 0 aliphatic rings. The summed E-state index contributed by atoms with van der Waals surface area (Å²) in [7, 11) is 1.62. The van der Waals surface area contributed by atoms with Crippen LogP contribution >= 0.6 is 0 Å². The Bertz CT molecular complexity index is 349. The zero-order valence-corrected chi connectivity index (χ0v) is 15.6. The summed E-state index contributed by atoms with van der Waals surface area (Å²) in [6.07, 6.45) is 4.11. The summed E-state index contributed by atoms with van der Waals surface area (Å²) < 4.78 is 5.17. The largest absolute Gasteiger partial charge is 0.385 e. The Labute approximate surface area is 136 Å². The van der Waals surface area contributed by atoms with Gasteiger partial charge in [-0.1, -0.05) is 48.0 Å². The lowest BCUT2D eigenvalue weighted by Crippen LogP contribution is -2.37. The second-order valence-electron chi connectivity index (χ2n) is 7.79. The molecule has 0 spiro atoms. The normalized spacial score (nSPS) is 17.6. The van der Waals surface area contributed by atoms with Gasteiger partial charge in [0.2, 0.25) is 0 Å². The molecule has 3 atom stereocenters. The van der Waals surface area contributed by atoms with Crippen LogP contribution in [0.15, 0.2) is 5.18 Å². The Balaban J connectivity index is 5.42. The van der Waals surface area contributed by atoms with E-state index >= 15 is 0 Å². The van der Waals surface area contributed by atoms with E-state index in [0.717, 1.165) is 12.8 Å². The van der Waals surface area contributed by atoms with Crippen molar-refractivity contribution in [2.24, 2.45) is 27.8 Å². The zero-order chi connectivity index (χ0) is 17.4. The monoisotopic (exact) mass is 313 g/mol. The molecule has 22 heavy (non-hydrogen) atoms. The second kappa shape index (κ2) is 9.39. The van der Waals surface area contributed by atoms with Crippen molar-refractivity contribution in [2.45, 2.75) is 73.6 Å². The summed E-state index contributed by atoms with van der Waals surface area (Å²) >= 11 is 0. The van der Waals surface area contributed by atoms with Crippen LogP contribution in [-0.2, 0) is 9.53 Å². The van der Waals surface area contributed by atoms with Crippen LogP contribution < -0.4 is 0 Å². The number of methoxy groups -OCH3 is 1. The first-order chi connectivity index (χ1) is 10.2. The lowest BCUT2D eigenvalue weighted by atomic mass is 9.65. The van der Waals surface area contributed by atoms with E-state index in [1.807, 2.05) is 6.92 Å². The lowest BCUT2D eigenvalue weighted by Gasteiger charge is -2.39. The molecule has 0 radical (unpaired) electrons. The van der Waals surface area contributed by atoms with Gasteiger partial charge in [-0.3, -0.25) is 4.79 Å². The van der Waals surface area contributed by atoms with E-state index < -0.39 is 11.3 Å². The standard InChI is InChI=1S/C18H35NO3/c1-8-14(3)12-15(17(4,5)6)13-18(9-2,10-11-22-7)16(20)19-21/h14-15H,8-13H2,1-7H3/t14?,15?,18-/m1/s1. The molecule has 0 fully saturated rings. The summed E-state index contributed by atoms with van der Waals surface area (Å²) in [5, 5.41) is 2.77. The maximum Gasteiger partial charge on any atom is 0.292 e. The molecule has 4 heteroatoms. The average Bonchev–Trinajstić information content (AvgIpc) is 2.48. The fourth-order valence-corrected chi connectivity index (χ4v) is 3.03. The van der Waals surface area contributed by atoms with Crippen LogP contribution in [0.4, 0.5) is 0 Å². The predicted octanol–water partition coefficient (Wildman–Crippen LogP) is 5.20. The van der Waals surface area contributed by atoms with Crippen molar-refractivity contribution in [1.82, 2.24) is 0 Å². The van der Waals surface area contributed by atoms with Crippen LogP contribution in [0.5, 0.6) is 0 Å². The Morgan fingerprint density at radius 1 is 1.23 bits per heavy atom. The van der Waals surface area contributed by atoms with Gasteiger partial charge in [-0.2, -0.15) is 0 Å². The Morgan fingerprint density at radius 2 is 1.82 bits per heavy atom. The van der Waals surface area contributed by atoms with E-state index in [4.69, 9.17) is 4.74 Å². The Kier molecular flexibility index (Phi) is 9.06. The highest BCUT2D eigenvalue weighted by atomic mass is 16.5. The van der Waals surface area contributed by atoms with Gasteiger partial charge in [0.15, 0.2) is 0 Å². The molecule has 0 aromatic rings. The number of hydrogen-bond acceptors (Lipinski definition) is 3. The molecule has 0 aromatic carbocycles. The first-order valence-corrected chi connectivity index (χ1v) is 8.53. The molecule has 0 N–H and O–H groups in total. The number of carbonyl (C=O) groups is 1. The maximum atomic E-state index is 12.3. The SMILES string of the molecule is CCC(C)CC(C[C@@](CC)(CCOC)C(=O)N=O)C(C)(C)C. The summed E-state index contributed by atoms with van der Waals surface area (Å²) in [4.78, 5) is 23.2. The first kappa shape index (κ1) is 21.2. The number of nitrogens with zero attached hydrogens (tertiary/aromatic N) is 1. The third-order valence-corrected chi connectivity index (χ3v) is 5.24. The van der Waals surface area contributed by atoms with Crippen LogP contribution in [0.25, 0.3) is 0 Å². The highest BCUT2D eigenvalue weighted by molar-refractivity contribution is 5.83. The topological polar surface area (TPSA) is 55.7 Å². The summed E-state index contributed by atoms with van der Waals surface area (Å²) in [5.74, 6) is 0.482. The maximum absolute atomic E-state index is 12.3. The van der Waals surface area contributed by atoms with E-state index in [0.29, 0.717) is 37.7 Å². The van der Waals surface area contributed by atoms with Gasteiger partial charge in [0.1, 0.15) is 0 Å². The molecule has 1 amide bonds. The van der Waals surface area contributed by atoms with Gasteiger partial charge in [0.05, 0.1) is 5.41 Å². The molecule has 0 heterocycles. The number of carbonyl (C=O) groups excluding carboxylic acids is 1. The number of nitroso groups, excluding NO2 is 1. The minimum atomic E-state index is -0.677. The molecule has 0 saturated carbocycles. The van der Waals surface area contributed by atoms with Gasteiger partial charge >= 0.3 is 0 Å². The molecule has 2 unspecified atom stereocenters. The van der Waals surface area contributed by atoms with Gasteiger partial charge in [-0.25, -0.2) is 0 Å². The second-order valence-corrected chi connectivity index (χ2v) is 7.79. The number of hydrogen-bond donors (Lipinski definition) is 0. The summed E-state index contributed by atoms with van der Waals surface area (Å²) in [6, 6.07) is 0. The molecule has 4 nitrogen and oxygen atoms in total. The van der Waals surface area contributed by atoms with Crippen molar-refractivity contribution in [1.29, 1.82) is 0 Å². The molecule has 130 valence electrons. The van der Waals surface area contributed by atoms with Gasteiger partial charge in [-0.05, 0) is 42.9 Å². The highest BCUT2D eigenvalue weighted by Gasteiger charge is 2.42. The number of rotatable bonds is 10. The molecule has 0 rings (SSSR count). The van der Waals surface area contributed by atoms with Gasteiger partial charge in [-0.15, -0.1) is 4.91 Å². The summed E-state index contributed by atoms with van der Waals surface area (Å²) in [6.45, 7) is 13.6. The molecular weight excluding hydrogens is 278 g/mol. The first-order valence-electron chi connectivity index (χ1n) is 8.53. The molecule has 0 aromatic heterocycles. The van der Waals surface area contributed by atoms with Gasteiger partial charge in [0, 0.05) is 18.9 Å². The average molecular weight is 313 g/mol. The molecular formula is C18H35NO3. The van der Waals surface area contributed by atoms with Crippen molar-refractivity contribution >= 4 is 5.91 Å². The smallest absolute Gasteiger partial charge is 0.292 e. The van der Waals surface area contributed by atoms with E-state index in [1.165, 1.54) is 0 Å². The fraction of sp³-hybridized carbons (Fsp3) is 0.944. The van der Waals surface area contributed by atoms with Crippen molar-refractivity contribution in [3.8, 4) is 0 Å². The lowest BCUT2D eigenvalue weighted by molar-refractivity contribution is -0.131. The zero-order valence-electron chi connectivity index (χ0n) is 15.6. The Morgan fingerprint density at radius 3 is 2.18 bits per heavy atom. The fourth-order valence-electron chi connectivity index (χ4n) is 3.03. The van der Waals surface area contributed by atoms with Crippen LogP contribution in [0.1, 0.15) is 73.6 Å². The van der Waals surface area contributed by atoms with Crippen molar-refractivity contribution in [2.75, 3.05) is 13.7 Å². The van der Waals surface area contributed by atoms with Crippen molar-refractivity contribution in [3.63, 3.8) is 0 Å². The molecule has 0 bridgehead atoms. The van der Waals surface area contributed by atoms with Gasteiger partial charge in [0.25, 0.3) is 5.91 Å². The number of ether oxygens (including phenoxy) is 1. The van der Waals surface area contributed by atoms with E-state index in [9.17, 15) is 9.70 Å². The summed E-state index contributed by atoms with van der Waals surface area (Å²) in [5.41, 5.74) is -0.580. The van der Waals surface area contributed by atoms with Crippen molar-refractivity contribution < 1.29 is 9.53 Å². The van der Waals surface area contributed by atoms with E-state index in [1.54, 1.807) is 7.11 Å². The number of amides is 1. The van der Waals surface area contributed by atoms with Crippen LogP contribution in [0.3, 0.4) is 0 Å². The Hall–Kier alpha value is -0.770. The minimum Gasteiger partial charge on any atom is -0.385 e. The van der Waals surface area contributed by atoms with Crippen molar-refractivity contribution in [3.05, 3.63) is 4.91 Å². The molecule has 0 aliphatic heterocycles. The highest BCUT2D eigenvalue weighted by Crippen LogP contribution is 2.44. The van der Waals surface area contributed by atoms with E-state index in [2.05, 4.69) is 39.8 Å². The van der Waals surface area contributed by atoms with E-state index in [-0.39, 0.29) is 5.41 Å². The minimum absolute atomic E-state index is 0.0973. The third kappa shape index (κ3) is 6.15. The predicted molar refractivity (Wildman–Crippen MR) is 91.7 cm³/mol. The van der Waals surface area contributed by atoms with Crippen LogP contribution in [0.2, 0.25) is 0 Å². The third-order valence-electron chi connectivity index (χ3n) is 5.24. The molecule has 0 aliphatic carbocycles. The van der Waals surface area contributed by atoms with Crippen LogP contribution in [-0.4, -0.2) is 19.6 Å². The van der Waals surface area contributed by atoms with Crippen LogP contribution in [0, 0.1) is 27.6 Å². The van der Waals surface area contributed by atoms with Gasteiger partial charge < -0.3 is 4.74 Å². The molecule has 0 saturated heterocycles. The quantitative estimate of drug-likeness (QED) is 0.521.